The quantitative estimate of drug-likeness (QED) is 0.345. The van der Waals surface area contributed by atoms with Crippen molar-refractivity contribution >= 4 is 34.0 Å². The van der Waals surface area contributed by atoms with E-state index in [0.29, 0.717) is 0 Å². The molecule has 0 nitrogen and oxygen atoms in total. The first-order chi connectivity index (χ1) is 12.5. The van der Waals surface area contributed by atoms with Gasteiger partial charge in [-0.3, -0.25) is 0 Å². The molecule has 0 saturated heterocycles. The van der Waals surface area contributed by atoms with Crippen LogP contribution in [0.3, 0.4) is 0 Å². The van der Waals surface area contributed by atoms with Crippen molar-refractivity contribution in [2.24, 2.45) is 0 Å². The Morgan fingerprint density at radius 3 is 1.50 bits per heavy atom. The molecule has 26 heavy (non-hydrogen) atoms. The standard InChI is InChI=1S/C24H27ClSi/c1-5-20-15-21(6-2)17-22(16-20)26(25,23-13-9-7-11-18(23)3)24-14-10-8-12-19(24)4/h7-17H,5-6H2,1-4H3. The minimum atomic E-state index is -2.59. The molecule has 3 aromatic rings. The minimum Gasteiger partial charge on any atom is -0.149 e. The molecule has 0 bridgehead atoms. The molecule has 0 spiro atoms. The van der Waals surface area contributed by atoms with E-state index in [1.807, 2.05) is 0 Å². The fourth-order valence-electron chi connectivity index (χ4n) is 3.74. The Labute approximate surface area is 163 Å². The van der Waals surface area contributed by atoms with Gasteiger partial charge in [-0.15, -0.1) is 11.1 Å². The molecule has 134 valence electrons. The maximum absolute atomic E-state index is 7.72. The Kier molecular flexibility index (Phi) is 5.69. The summed E-state index contributed by atoms with van der Waals surface area (Å²) in [4.78, 5) is 0. The summed E-state index contributed by atoms with van der Waals surface area (Å²) in [5, 5.41) is 3.90. The molecular formula is C24H27ClSi. The van der Waals surface area contributed by atoms with Crippen molar-refractivity contribution in [3.8, 4) is 0 Å². The molecule has 3 aromatic carbocycles. The van der Waals surface area contributed by atoms with E-state index in [1.165, 1.54) is 37.8 Å². The van der Waals surface area contributed by atoms with Crippen LogP contribution >= 0.6 is 11.1 Å². The van der Waals surface area contributed by atoms with Crippen LogP contribution in [0.2, 0.25) is 0 Å². The minimum absolute atomic E-state index is 1.03. The summed E-state index contributed by atoms with van der Waals surface area (Å²) in [5.41, 5.74) is 5.30. The van der Waals surface area contributed by atoms with Crippen LogP contribution in [0.4, 0.5) is 0 Å². The molecule has 0 saturated carbocycles. The lowest BCUT2D eigenvalue weighted by atomic mass is 10.1. The second-order valence-electron chi connectivity index (χ2n) is 7.03. The van der Waals surface area contributed by atoms with Crippen molar-refractivity contribution in [1.29, 1.82) is 0 Å². The molecule has 3 rings (SSSR count). The van der Waals surface area contributed by atoms with Crippen molar-refractivity contribution < 1.29 is 0 Å². The highest BCUT2D eigenvalue weighted by molar-refractivity contribution is 7.40. The van der Waals surface area contributed by atoms with E-state index >= 15 is 0 Å². The molecule has 2 heteroatoms. The average Bonchev–Trinajstić information content (AvgIpc) is 2.67. The largest absolute Gasteiger partial charge is 0.248 e. The van der Waals surface area contributed by atoms with Gasteiger partial charge in [0.2, 0.25) is 7.38 Å². The smallest absolute Gasteiger partial charge is 0.149 e. The number of aryl methyl sites for hydroxylation is 4. The Balaban J connectivity index is 2.36. The van der Waals surface area contributed by atoms with Crippen LogP contribution < -0.4 is 15.6 Å². The topological polar surface area (TPSA) is 0 Å². The molecule has 0 aliphatic rings. The van der Waals surface area contributed by atoms with Gasteiger partial charge in [0.1, 0.15) is 0 Å². The third-order valence-corrected chi connectivity index (χ3v) is 10.9. The molecule has 0 heterocycles. The Hall–Kier alpha value is -1.83. The van der Waals surface area contributed by atoms with Gasteiger partial charge in [-0.1, -0.05) is 80.6 Å². The van der Waals surface area contributed by atoms with Gasteiger partial charge in [-0.05, 0) is 64.5 Å². The first kappa shape index (κ1) is 18.9. The van der Waals surface area contributed by atoms with Gasteiger partial charge in [0.05, 0.1) is 0 Å². The molecule has 0 atom stereocenters. The van der Waals surface area contributed by atoms with Crippen LogP contribution in [0, 0.1) is 13.8 Å². The Morgan fingerprint density at radius 1 is 0.692 bits per heavy atom. The molecule has 0 amide bonds. The summed E-state index contributed by atoms with van der Waals surface area (Å²) < 4.78 is 0. The number of hydrogen-bond acceptors (Lipinski definition) is 0. The highest BCUT2D eigenvalue weighted by Gasteiger charge is 2.40. The summed E-state index contributed by atoms with van der Waals surface area (Å²) in [5.74, 6) is 0. The van der Waals surface area contributed by atoms with Crippen LogP contribution in [0.25, 0.3) is 0 Å². The normalized spacial score (nSPS) is 11.6. The molecule has 0 unspecified atom stereocenters. The highest BCUT2D eigenvalue weighted by atomic mass is 35.6. The first-order valence-corrected chi connectivity index (χ1v) is 12.5. The highest BCUT2D eigenvalue weighted by Crippen LogP contribution is 2.18. The maximum atomic E-state index is 7.72. The van der Waals surface area contributed by atoms with Crippen molar-refractivity contribution in [1.82, 2.24) is 0 Å². The van der Waals surface area contributed by atoms with Gasteiger partial charge >= 0.3 is 0 Å². The van der Waals surface area contributed by atoms with E-state index in [0.717, 1.165) is 12.8 Å². The van der Waals surface area contributed by atoms with Crippen LogP contribution in [0.15, 0.2) is 66.7 Å². The number of hydrogen-bond donors (Lipinski definition) is 0. The van der Waals surface area contributed by atoms with Crippen LogP contribution in [-0.4, -0.2) is 7.38 Å². The molecule has 0 aromatic heterocycles. The predicted molar refractivity (Wildman–Crippen MR) is 118 cm³/mol. The summed E-state index contributed by atoms with van der Waals surface area (Å²) in [6.45, 7) is 8.80. The lowest BCUT2D eigenvalue weighted by Crippen LogP contribution is -2.64. The molecule has 0 N–H and O–H groups in total. The fourth-order valence-corrected chi connectivity index (χ4v) is 8.93. The van der Waals surface area contributed by atoms with E-state index in [2.05, 4.69) is 94.4 Å². The van der Waals surface area contributed by atoms with Gasteiger partial charge in [0, 0.05) is 0 Å². The lowest BCUT2D eigenvalue weighted by molar-refractivity contribution is 1.09. The van der Waals surface area contributed by atoms with Crippen molar-refractivity contribution in [2.45, 2.75) is 40.5 Å². The number of halogens is 1. The summed E-state index contributed by atoms with van der Waals surface area (Å²) in [7, 11) is -2.59. The Bertz CT molecular complexity index is 846. The zero-order valence-electron chi connectivity index (χ0n) is 16.1. The molecule has 0 aliphatic heterocycles. The van der Waals surface area contributed by atoms with E-state index in [9.17, 15) is 0 Å². The molecule has 0 aliphatic carbocycles. The van der Waals surface area contributed by atoms with Gasteiger partial charge in [-0.2, -0.15) is 0 Å². The lowest BCUT2D eigenvalue weighted by Gasteiger charge is -2.30. The second kappa shape index (κ2) is 7.81. The molecule has 0 fully saturated rings. The van der Waals surface area contributed by atoms with Gasteiger partial charge < -0.3 is 0 Å². The summed E-state index contributed by atoms with van der Waals surface area (Å²) in [6, 6.07) is 24.3. The van der Waals surface area contributed by atoms with E-state index < -0.39 is 7.38 Å². The van der Waals surface area contributed by atoms with E-state index in [1.54, 1.807) is 0 Å². The van der Waals surface area contributed by atoms with Crippen LogP contribution in [0.5, 0.6) is 0 Å². The third kappa shape index (κ3) is 3.38. The second-order valence-corrected chi connectivity index (χ2v) is 11.7. The zero-order valence-corrected chi connectivity index (χ0v) is 17.9. The van der Waals surface area contributed by atoms with Crippen LogP contribution in [0.1, 0.15) is 36.1 Å². The van der Waals surface area contributed by atoms with E-state index in [-0.39, 0.29) is 0 Å². The van der Waals surface area contributed by atoms with Crippen molar-refractivity contribution in [2.75, 3.05) is 0 Å². The summed E-state index contributed by atoms with van der Waals surface area (Å²) in [6.07, 6.45) is 2.06. The predicted octanol–water partition coefficient (Wildman–Crippen LogP) is 4.63. The van der Waals surface area contributed by atoms with Gasteiger partial charge in [0.15, 0.2) is 0 Å². The average molecular weight is 379 g/mol. The maximum Gasteiger partial charge on any atom is 0.248 e. The number of rotatable bonds is 5. The monoisotopic (exact) mass is 378 g/mol. The van der Waals surface area contributed by atoms with Gasteiger partial charge in [0.25, 0.3) is 0 Å². The van der Waals surface area contributed by atoms with Crippen LogP contribution in [-0.2, 0) is 12.8 Å². The number of benzene rings is 3. The molecule has 0 radical (unpaired) electrons. The SMILES string of the molecule is CCc1cc(CC)cc([Si](Cl)(c2ccccc2C)c2ccccc2C)c1. The van der Waals surface area contributed by atoms with E-state index in [4.69, 9.17) is 11.1 Å². The molecular weight excluding hydrogens is 352 g/mol. The summed E-state index contributed by atoms with van der Waals surface area (Å²) >= 11 is 7.72. The zero-order chi connectivity index (χ0) is 18.7. The Morgan fingerprint density at radius 2 is 1.12 bits per heavy atom. The van der Waals surface area contributed by atoms with Crippen molar-refractivity contribution in [3.63, 3.8) is 0 Å². The van der Waals surface area contributed by atoms with Crippen molar-refractivity contribution in [3.05, 3.63) is 89.0 Å². The first-order valence-electron chi connectivity index (χ1n) is 9.45. The third-order valence-electron chi connectivity index (χ3n) is 5.30. The fraction of sp³-hybridized carbons (Fsp3) is 0.250. The van der Waals surface area contributed by atoms with Gasteiger partial charge in [-0.25, -0.2) is 0 Å².